The molecule has 6 heteroatoms. The van der Waals surface area contributed by atoms with Crippen LogP contribution in [0.5, 0.6) is 0 Å². The van der Waals surface area contributed by atoms with E-state index in [-0.39, 0.29) is 11.5 Å². The van der Waals surface area contributed by atoms with Crippen LogP contribution in [-0.4, -0.2) is 15.5 Å². The Morgan fingerprint density at radius 1 is 1.33 bits per heavy atom. The van der Waals surface area contributed by atoms with Crippen molar-refractivity contribution in [3.8, 4) is 0 Å². The molecular formula is C18H15N3O2S. The summed E-state index contributed by atoms with van der Waals surface area (Å²) >= 11 is 1.58. The third-order valence-corrected chi connectivity index (χ3v) is 4.75. The second-order valence-electron chi connectivity index (χ2n) is 5.70. The maximum Gasteiger partial charge on any atom is 0.261 e. The number of fused-ring (bicyclic) bond motifs is 2. The molecule has 1 aliphatic heterocycles. The number of nitrogens with zero attached hydrogens (tertiary/aromatic N) is 2. The largest absolute Gasteiger partial charge is 0.322 e. The van der Waals surface area contributed by atoms with Crippen molar-refractivity contribution in [3.63, 3.8) is 0 Å². The van der Waals surface area contributed by atoms with Gasteiger partial charge in [0.25, 0.3) is 5.56 Å². The molecule has 0 saturated carbocycles. The Balaban J connectivity index is 1.61. The van der Waals surface area contributed by atoms with Gasteiger partial charge >= 0.3 is 0 Å². The van der Waals surface area contributed by atoms with Gasteiger partial charge in [0.2, 0.25) is 5.91 Å². The van der Waals surface area contributed by atoms with Gasteiger partial charge in [-0.05, 0) is 53.1 Å². The minimum atomic E-state index is -0.227. The molecule has 1 N–H and O–H groups in total. The van der Waals surface area contributed by atoms with E-state index in [4.69, 9.17) is 0 Å². The third-order valence-electron chi connectivity index (χ3n) is 4.05. The van der Waals surface area contributed by atoms with E-state index in [1.165, 1.54) is 6.08 Å². The number of hydrogen-bond acceptors (Lipinski definition) is 4. The molecule has 0 fully saturated rings. The molecule has 0 spiro atoms. The fraction of sp³-hybridized carbons (Fsp3) is 0.167. The second-order valence-corrected chi connectivity index (χ2v) is 6.48. The molecule has 0 atom stereocenters. The summed E-state index contributed by atoms with van der Waals surface area (Å²) in [6.45, 7) is 0.719. The Hall–Kier alpha value is -2.73. The fourth-order valence-corrected chi connectivity index (χ4v) is 3.52. The van der Waals surface area contributed by atoms with Crippen LogP contribution >= 0.6 is 11.3 Å². The van der Waals surface area contributed by atoms with E-state index in [0.29, 0.717) is 16.6 Å². The van der Waals surface area contributed by atoms with Crippen molar-refractivity contribution in [2.24, 2.45) is 0 Å². The van der Waals surface area contributed by atoms with Gasteiger partial charge < -0.3 is 5.32 Å². The molecule has 24 heavy (non-hydrogen) atoms. The average molecular weight is 337 g/mol. The van der Waals surface area contributed by atoms with E-state index < -0.39 is 0 Å². The maximum absolute atomic E-state index is 12.5. The van der Waals surface area contributed by atoms with Gasteiger partial charge in [-0.1, -0.05) is 0 Å². The van der Waals surface area contributed by atoms with Crippen molar-refractivity contribution in [2.45, 2.75) is 19.4 Å². The SMILES string of the molecule is O=C(/C=C/c1ccsc1)Nc1ccc2nc3n(c(=O)c2c1)CCC3. The van der Waals surface area contributed by atoms with Crippen LogP contribution in [0.4, 0.5) is 5.69 Å². The zero-order valence-corrected chi connectivity index (χ0v) is 13.7. The number of nitrogens with one attached hydrogen (secondary N) is 1. The molecule has 0 unspecified atom stereocenters. The third kappa shape index (κ3) is 2.76. The first-order chi connectivity index (χ1) is 11.7. The Labute approximate surface area is 142 Å². The average Bonchev–Trinajstić information content (AvgIpc) is 3.25. The molecule has 0 aliphatic carbocycles. The van der Waals surface area contributed by atoms with Crippen LogP contribution in [0.1, 0.15) is 17.8 Å². The summed E-state index contributed by atoms with van der Waals surface area (Å²) in [5, 5.41) is 7.26. The topological polar surface area (TPSA) is 64.0 Å². The van der Waals surface area contributed by atoms with Crippen LogP contribution in [0.25, 0.3) is 17.0 Å². The zero-order chi connectivity index (χ0) is 16.5. The number of carbonyl (C=O) groups excluding carboxylic acids is 1. The maximum atomic E-state index is 12.5. The summed E-state index contributed by atoms with van der Waals surface area (Å²) in [6.07, 6.45) is 5.04. The van der Waals surface area contributed by atoms with E-state index in [9.17, 15) is 9.59 Å². The lowest BCUT2D eigenvalue weighted by Crippen LogP contribution is -2.21. The number of anilines is 1. The number of hydrogen-bond donors (Lipinski definition) is 1. The van der Waals surface area contributed by atoms with Gasteiger partial charge in [-0.15, -0.1) is 0 Å². The molecule has 1 amide bonds. The Kier molecular flexibility index (Phi) is 3.74. The van der Waals surface area contributed by atoms with Crippen molar-refractivity contribution in [1.29, 1.82) is 0 Å². The summed E-state index contributed by atoms with van der Waals surface area (Å²) in [6, 6.07) is 7.20. The minimum Gasteiger partial charge on any atom is -0.322 e. The summed E-state index contributed by atoms with van der Waals surface area (Å²) in [4.78, 5) is 29.1. The van der Waals surface area contributed by atoms with Gasteiger partial charge in [-0.3, -0.25) is 14.2 Å². The van der Waals surface area contributed by atoms with E-state index in [0.717, 1.165) is 30.8 Å². The van der Waals surface area contributed by atoms with Gasteiger partial charge in [-0.25, -0.2) is 4.98 Å². The molecular weight excluding hydrogens is 322 g/mol. The molecule has 1 aliphatic rings. The van der Waals surface area contributed by atoms with E-state index in [1.807, 2.05) is 16.8 Å². The van der Waals surface area contributed by atoms with E-state index >= 15 is 0 Å². The summed E-state index contributed by atoms with van der Waals surface area (Å²) in [7, 11) is 0. The molecule has 0 radical (unpaired) electrons. The standard InChI is InChI=1S/C18H15N3O2S/c22-17(6-3-12-7-9-24-11-12)19-13-4-5-15-14(10-13)18(23)21-8-1-2-16(21)20-15/h3-7,9-11H,1-2,8H2,(H,19,22)/b6-3+. The first-order valence-corrected chi connectivity index (χ1v) is 8.70. The van der Waals surface area contributed by atoms with Crippen LogP contribution in [-0.2, 0) is 17.8 Å². The Morgan fingerprint density at radius 2 is 2.25 bits per heavy atom. The van der Waals surface area contributed by atoms with Crippen molar-refractivity contribution in [3.05, 3.63) is 62.8 Å². The number of aryl methyl sites for hydroxylation is 1. The smallest absolute Gasteiger partial charge is 0.261 e. The summed E-state index contributed by atoms with van der Waals surface area (Å²) in [5.74, 6) is 0.623. The van der Waals surface area contributed by atoms with Gasteiger partial charge in [0.1, 0.15) is 5.82 Å². The highest BCUT2D eigenvalue weighted by atomic mass is 32.1. The highest BCUT2D eigenvalue weighted by molar-refractivity contribution is 7.08. The molecule has 3 aromatic rings. The quantitative estimate of drug-likeness (QED) is 0.747. The number of benzene rings is 1. The van der Waals surface area contributed by atoms with E-state index in [1.54, 1.807) is 40.2 Å². The number of rotatable bonds is 3. The lowest BCUT2D eigenvalue weighted by Gasteiger charge is -2.07. The van der Waals surface area contributed by atoms with Crippen LogP contribution in [0.3, 0.4) is 0 Å². The minimum absolute atomic E-state index is 0.0302. The lowest BCUT2D eigenvalue weighted by atomic mass is 10.2. The monoisotopic (exact) mass is 337 g/mol. The molecule has 1 aromatic carbocycles. The predicted molar refractivity (Wildman–Crippen MR) is 96.3 cm³/mol. The second kappa shape index (κ2) is 6.05. The number of carbonyl (C=O) groups is 1. The first-order valence-electron chi connectivity index (χ1n) is 7.75. The van der Waals surface area contributed by atoms with Gasteiger partial charge in [-0.2, -0.15) is 11.3 Å². The van der Waals surface area contributed by atoms with Crippen molar-refractivity contribution >= 4 is 39.9 Å². The molecule has 4 rings (SSSR count). The molecule has 2 aromatic heterocycles. The molecule has 120 valence electrons. The van der Waals surface area contributed by atoms with E-state index in [2.05, 4.69) is 10.3 Å². The van der Waals surface area contributed by atoms with Gasteiger partial charge in [0.15, 0.2) is 0 Å². The Morgan fingerprint density at radius 3 is 3.08 bits per heavy atom. The Bertz CT molecular complexity index is 1000. The summed E-state index contributed by atoms with van der Waals surface area (Å²) in [5.41, 5.74) is 2.24. The number of amides is 1. The lowest BCUT2D eigenvalue weighted by molar-refractivity contribution is -0.111. The van der Waals surface area contributed by atoms with Crippen molar-refractivity contribution in [1.82, 2.24) is 9.55 Å². The number of thiophene rings is 1. The number of aromatic nitrogens is 2. The van der Waals surface area contributed by atoms with Crippen molar-refractivity contribution < 1.29 is 4.79 Å². The van der Waals surface area contributed by atoms with Crippen LogP contribution in [0.2, 0.25) is 0 Å². The first kappa shape index (κ1) is 14.8. The predicted octanol–water partition coefficient (Wildman–Crippen LogP) is 3.06. The highest BCUT2D eigenvalue weighted by Crippen LogP contribution is 2.18. The molecule has 5 nitrogen and oxygen atoms in total. The van der Waals surface area contributed by atoms with Crippen molar-refractivity contribution in [2.75, 3.05) is 5.32 Å². The highest BCUT2D eigenvalue weighted by Gasteiger charge is 2.16. The zero-order valence-electron chi connectivity index (χ0n) is 12.9. The molecule has 0 bridgehead atoms. The molecule has 3 heterocycles. The van der Waals surface area contributed by atoms with Gasteiger partial charge in [0.05, 0.1) is 10.9 Å². The van der Waals surface area contributed by atoms with Crippen LogP contribution in [0, 0.1) is 0 Å². The van der Waals surface area contributed by atoms with Crippen LogP contribution < -0.4 is 10.9 Å². The van der Waals surface area contributed by atoms with Crippen LogP contribution in [0.15, 0.2) is 45.9 Å². The van der Waals surface area contributed by atoms with Gasteiger partial charge in [0, 0.05) is 24.7 Å². The summed E-state index contributed by atoms with van der Waals surface area (Å²) < 4.78 is 1.73. The fourth-order valence-electron chi connectivity index (χ4n) is 2.89. The molecule has 0 saturated heterocycles. The normalized spacial score (nSPS) is 13.5.